The fourth-order valence-corrected chi connectivity index (χ4v) is 1.72. The minimum absolute atomic E-state index is 0.0155. The lowest BCUT2D eigenvalue weighted by Crippen LogP contribution is -2.27. The zero-order valence-corrected chi connectivity index (χ0v) is 9.27. The van der Waals surface area contributed by atoms with Crippen molar-refractivity contribution in [1.29, 1.82) is 0 Å². The van der Waals surface area contributed by atoms with Gasteiger partial charge in [-0.15, -0.1) is 0 Å². The molecule has 0 spiro atoms. The molecule has 1 fully saturated rings. The summed E-state index contributed by atoms with van der Waals surface area (Å²) < 4.78 is 0. The Bertz CT molecular complexity index is 350. The molecular formula is C11H17N3O. The summed E-state index contributed by atoms with van der Waals surface area (Å²) in [5.41, 5.74) is 1.69. The van der Waals surface area contributed by atoms with E-state index in [4.69, 9.17) is 5.11 Å². The Hall–Kier alpha value is -1.16. The van der Waals surface area contributed by atoms with Crippen LogP contribution in [0.1, 0.15) is 31.0 Å². The van der Waals surface area contributed by atoms with Crippen LogP contribution in [0.5, 0.6) is 0 Å². The average molecular weight is 207 g/mol. The van der Waals surface area contributed by atoms with E-state index in [2.05, 4.69) is 21.8 Å². The van der Waals surface area contributed by atoms with Gasteiger partial charge in [0.2, 0.25) is 5.95 Å². The Balaban J connectivity index is 2.23. The smallest absolute Gasteiger partial charge is 0.225 e. The second kappa shape index (κ2) is 4.14. The molecule has 1 aliphatic carbocycles. The van der Waals surface area contributed by atoms with Crippen LogP contribution in [-0.2, 0) is 6.61 Å². The van der Waals surface area contributed by atoms with E-state index in [1.54, 1.807) is 6.20 Å². The molecule has 82 valence electrons. The first-order valence-corrected chi connectivity index (χ1v) is 5.46. The lowest BCUT2D eigenvalue weighted by Gasteiger charge is -2.20. The number of aromatic nitrogens is 2. The predicted molar refractivity (Wildman–Crippen MR) is 58.7 cm³/mol. The highest BCUT2D eigenvalue weighted by Gasteiger charge is 2.29. The molecule has 1 N–H and O–H groups in total. The molecule has 1 heterocycles. The third-order valence-corrected chi connectivity index (χ3v) is 2.82. The molecular weight excluding hydrogens is 190 g/mol. The quantitative estimate of drug-likeness (QED) is 0.807. The molecule has 0 atom stereocenters. The van der Waals surface area contributed by atoms with E-state index in [1.807, 2.05) is 6.92 Å². The monoisotopic (exact) mass is 207 g/mol. The van der Waals surface area contributed by atoms with Crippen molar-refractivity contribution in [3.05, 3.63) is 17.5 Å². The summed E-state index contributed by atoms with van der Waals surface area (Å²) in [6, 6.07) is 0.634. The molecule has 0 amide bonds. The first-order chi connectivity index (χ1) is 7.26. The van der Waals surface area contributed by atoms with Crippen LogP contribution in [0.3, 0.4) is 0 Å². The molecule has 1 aromatic heterocycles. The molecule has 0 unspecified atom stereocenters. The van der Waals surface area contributed by atoms with Gasteiger partial charge in [0.1, 0.15) is 0 Å². The number of anilines is 1. The largest absolute Gasteiger partial charge is 0.392 e. The van der Waals surface area contributed by atoms with Crippen LogP contribution in [0.15, 0.2) is 6.20 Å². The third-order valence-electron chi connectivity index (χ3n) is 2.82. The summed E-state index contributed by atoms with van der Waals surface area (Å²) in [7, 11) is 0. The maximum Gasteiger partial charge on any atom is 0.225 e. The molecule has 4 heteroatoms. The summed E-state index contributed by atoms with van der Waals surface area (Å²) in [5, 5.41) is 9.03. The molecule has 0 bridgehead atoms. The molecule has 1 aliphatic rings. The van der Waals surface area contributed by atoms with Gasteiger partial charge in [-0.05, 0) is 26.7 Å². The van der Waals surface area contributed by atoms with Gasteiger partial charge < -0.3 is 10.0 Å². The molecule has 15 heavy (non-hydrogen) atoms. The second-order valence-electron chi connectivity index (χ2n) is 3.96. The number of hydrogen-bond donors (Lipinski definition) is 1. The number of rotatable bonds is 4. The van der Waals surface area contributed by atoms with Gasteiger partial charge in [-0.3, -0.25) is 0 Å². The van der Waals surface area contributed by atoms with Crippen LogP contribution in [0.25, 0.3) is 0 Å². The van der Waals surface area contributed by atoms with Crippen molar-refractivity contribution in [3.63, 3.8) is 0 Å². The average Bonchev–Trinajstić information content (AvgIpc) is 3.03. The lowest BCUT2D eigenvalue weighted by atomic mass is 10.2. The minimum Gasteiger partial charge on any atom is -0.392 e. The van der Waals surface area contributed by atoms with Crippen molar-refractivity contribution in [2.45, 2.75) is 39.3 Å². The second-order valence-corrected chi connectivity index (χ2v) is 3.96. The predicted octanol–water partition coefficient (Wildman–Crippen LogP) is 1.27. The Labute approximate surface area is 90.0 Å². The highest BCUT2D eigenvalue weighted by molar-refractivity contribution is 5.35. The first-order valence-electron chi connectivity index (χ1n) is 5.46. The van der Waals surface area contributed by atoms with E-state index < -0.39 is 0 Å². The van der Waals surface area contributed by atoms with Crippen LogP contribution in [-0.4, -0.2) is 27.7 Å². The van der Waals surface area contributed by atoms with Gasteiger partial charge >= 0.3 is 0 Å². The summed E-state index contributed by atoms with van der Waals surface area (Å²) in [4.78, 5) is 11.0. The molecule has 2 rings (SSSR count). The van der Waals surface area contributed by atoms with Gasteiger partial charge in [-0.2, -0.15) is 0 Å². The van der Waals surface area contributed by atoms with Crippen molar-refractivity contribution < 1.29 is 5.11 Å². The normalized spacial score (nSPS) is 15.4. The van der Waals surface area contributed by atoms with Crippen LogP contribution >= 0.6 is 0 Å². The third kappa shape index (κ3) is 2.09. The highest BCUT2D eigenvalue weighted by Crippen LogP contribution is 2.29. The molecule has 4 nitrogen and oxygen atoms in total. The Morgan fingerprint density at radius 2 is 2.27 bits per heavy atom. The van der Waals surface area contributed by atoms with E-state index in [-0.39, 0.29) is 6.61 Å². The van der Waals surface area contributed by atoms with E-state index >= 15 is 0 Å². The lowest BCUT2D eigenvalue weighted by molar-refractivity contribution is 0.280. The molecule has 1 saturated carbocycles. The number of aliphatic hydroxyl groups is 1. The van der Waals surface area contributed by atoms with Crippen molar-refractivity contribution in [1.82, 2.24) is 9.97 Å². The number of aryl methyl sites for hydroxylation is 1. The van der Waals surface area contributed by atoms with Crippen LogP contribution in [0.4, 0.5) is 5.95 Å². The van der Waals surface area contributed by atoms with Gasteiger partial charge in [0, 0.05) is 30.0 Å². The van der Waals surface area contributed by atoms with E-state index in [0.717, 1.165) is 23.8 Å². The fraction of sp³-hybridized carbons (Fsp3) is 0.636. The van der Waals surface area contributed by atoms with Gasteiger partial charge in [-0.1, -0.05) is 0 Å². The van der Waals surface area contributed by atoms with Gasteiger partial charge in [0.05, 0.1) is 6.61 Å². The number of hydrogen-bond acceptors (Lipinski definition) is 4. The Kier molecular flexibility index (Phi) is 2.86. The summed E-state index contributed by atoms with van der Waals surface area (Å²) in [6.07, 6.45) is 4.22. The van der Waals surface area contributed by atoms with Gasteiger partial charge in [0.15, 0.2) is 0 Å². The summed E-state index contributed by atoms with van der Waals surface area (Å²) >= 11 is 0. The Morgan fingerprint density at radius 1 is 1.53 bits per heavy atom. The fourth-order valence-electron chi connectivity index (χ4n) is 1.72. The molecule has 0 aliphatic heterocycles. The molecule has 0 saturated heterocycles. The SMILES string of the molecule is CCN(c1ncc(CO)c(C)n1)C1CC1. The van der Waals surface area contributed by atoms with E-state index in [9.17, 15) is 0 Å². The minimum atomic E-state index is 0.0155. The van der Waals surface area contributed by atoms with Crippen molar-refractivity contribution in [2.24, 2.45) is 0 Å². The summed E-state index contributed by atoms with van der Waals surface area (Å²) in [6.45, 7) is 5.00. The van der Waals surface area contributed by atoms with E-state index in [1.165, 1.54) is 12.8 Å². The molecule has 0 aromatic carbocycles. The summed E-state index contributed by atoms with van der Waals surface area (Å²) in [5.74, 6) is 0.801. The van der Waals surface area contributed by atoms with Crippen molar-refractivity contribution in [3.8, 4) is 0 Å². The maximum absolute atomic E-state index is 9.03. The Morgan fingerprint density at radius 3 is 2.73 bits per heavy atom. The van der Waals surface area contributed by atoms with Crippen LogP contribution < -0.4 is 4.90 Å². The number of aliphatic hydroxyl groups excluding tert-OH is 1. The first kappa shape index (κ1) is 10.4. The van der Waals surface area contributed by atoms with Crippen LogP contribution in [0, 0.1) is 6.92 Å². The maximum atomic E-state index is 9.03. The van der Waals surface area contributed by atoms with Crippen molar-refractivity contribution >= 4 is 5.95 Å². The standard InChI is InChI=1S/C11H17N3O/c1-3-14(10-4-5-10)11-12-6-9(7-15)8(2)13-11/h6,10,15H,3-5,7H2,1-2H3. The molecule has 0 radical (unpaired) electrons. The molecule has 1 aromatic rings. The highest BCUT2D eigenvalue weighted by atomic mass is 16.3. The number of nitrogens with zero attached hydrogens (tertiary/aromatic N) is 3. The zero-order valence-electron chi connectivity index (χ0n) is 9.27. The van der Waals surface area contributed by atoms with E-state index in [0.29, 0.717) is 6.04 Å². The van der Waals surface area contributed by atoms with Gasteiger partial charge in [-0.25, -0.2) is 9.97 Å². The topological polar surface area (TPSA) is 49.2 Å². The van der Waals surface area contributed by atoms with Gasteiger partial charge in [0.25, 0.3) is 0 Å². The van der Waals surface area contributed by atoms with Crippen molar-refractivity contribution in [2.75, 3.05) is 11.4 Å². The zero-order chi connectivity index (χ0) is 10.8. The van der Waals surface area contributed by atoms with Crippen LogP contribution in [0.2, 0.25) is 0 Å².